The minimum atomic E-state index is 0.674. The van der Waals surface area contributed by atoms with E-state index in [1.54, 1.807) is 12.5 Å². The second-order valence-corrected chi connectivity index (χ2v) is 7.67. The lowest BCUT2D eigenvalue weighted by molar-refractivity contribution is 0.444. The molecule has 2 aromatic rings. The largest absolute Gasteiger partial charge is 0.356 e. The van der Waals surface area contributed by atoms with Crippen LogP contribution >= 0.6 is 11.6 Å². The summed E-state index contributed by atoms with van der Waals surface area (Å²) in [7, 11) is 0. The molecule has 0 radical (unpaired) electrons. The summed E-state index contributed by atoms with van der Waals surface area (Å²) in [4.78, 5) is 20.5. The average molecular weight is 373 g/mol. The smallest absolute Gasteiger partial charge is 0.134 e. The lowest BCUT2D eigenvalue weighted by atomic mass is 10.0. The second-order valence-electron chi connectivity index (χ2n) is 7.24. The molecule has 6 nitrogen and oxygen atoms in total. The molecule has 2 fully saturated rings. The summed E-state index contributed by atoms with van der Waals surface area (Å²) >= 11 is 5.93. The molecule has 0 N–H and O–H groups in total. The summed E-state index contributed by atoms with van der Waals surface area (Å²) in [5.74, 6) is 3.80. The van der Waals surface area contributed by atoms with Crippen LogP contribution in [0.1, 0.15) is 19.8 Å². The molecule has 0 saturated carbocycles. The van der Waals surface area contributed by atoms with Crippen molar-refractivity contribution in [2.45, 2.75) is 19.8 Å². The molecule has 2 aliphatic heterocycles. The van der Waals surface area contributed by atoms with E-state index in [0.29, 0.717) is 5.02 Å². The second kappa shape index (κ2) is 7.66. The highest BCUT2D eigenvalue weighted by atomic mass is 35.5. The Morgan fingerprint density at radius 3 is 2.23 bits per heavy atom. The van der Waals surface area contributed by atoms with Gasteiger partial charge in [-0.2, -0.15) is 0 Å². The first-order chi connectivity index (χ1) is 12.7. The summed E-state index contributed by atoms with van der Waals surface area (Å²) in [6.45, 7) is 8.21. The average Bonchev–Trinajstić information content (AvgIpc) is 2.69. The van der Waals surface area contributed by atoms with Crippen LogP contribution in [0.2, 0.25) is 5.02 Å². The van der Waals surface area contributed by atoms with Gasteiger partial charge in [-0.15, -0.1) is 0 Å². The standard InChI is InChI=1S/C19H25ClN6/c1-15-3-2-6-26(13-15)19-11-18(22-14-23-19)25-9-7-24(8-10-25)17-5-4-16(20)12-21-17/h4-5,11-12,14-15H,2-3,6-10,13H2,1H3. The molecule has 4 heterocycles. The van der Waals surface area contributed by atoms with Gasteiger partial charge >= 0.3 is 0 Å². The zero-order valence-electron chi connectivity index (χ0n) is 15.2. The van der Waals surface area contributed by atoms with E-state index in [9.17, 15) is 0 Å². The predicted octanol–water partition coefficient (Wildman–Crippen LogP) is 3.09. The number of piperidine rings is 1. The number of pyridine rings is 1. The number of hydrogen-bond acceptors (Lipinski definition) is 6. The molecule has 1 atom stereocenters. The van der Waals surface area contributed by atoms with Crippen LogP contribution in [-0.4, -0.2) is 54.2 Å². The fraction of sp³-hybridized carbons (Fsp3) is 0.526. The van der Waals surface area contributed by atoms with Gasteiger partial charge in [0, 0.05) is 51.5 Å². The van der Waals surface area contributed by atoms with Crippen LogP contribution in [0.15, 0.2) is 30.7 Å². The summed E-state index contributed by atoms with van der Waals surface area (Å²) in [5.41, 5.74) is 0. The van der Waals surface area contributed by atoms with Crippen LogP contribution in [0.5, 0.6) is 0 Å². The fourth-order valence-corrected chi connectivity index (χ4v) is 3.91. The van der Waals surface area contributed by atoms with Crippen LogP contribution in [0, 0.1) is 5.92 Å². The van der Waals surface area contributed by atoms with Gasteiger partial charge in [0.2, 0.25) is 0 Å². The van der Waals surface area contributed by atoms with Crippen LogP contribution in [0.25, 0.3) is 0 Å². The summed E-state index contributed by atoms with van der Waals surface area (Å²) in [6.07, 6.45) is 5.97. The number of halogens is 1. The number of aromatic nitrogens is 3. The normalized spacial score (nSPS) is 21.2. The van der Waals surface area contributed by atoms with Gasteiger partial charge in [-0.1, -0.05) is 18.5 Å². The molecule has 2 saturated heterocycles. The molecule has 7 heteroatoms. The van der Waals surface area contributed by atoms with Gasteiger partial charge in [-0.05, 0) is 30.9 Å². The Kier molecular flexibility index (Phi) is 5.11. The lowest BCUT2D eigenvalue weighted by Gasteiger charge is -2.36. The van der Waals surface area contributed by atoms with E-state index in [1.807, 2.05) is 12.1 Å². The van der Waals surface area contributed by atoms with Crippen LogP contribution in [-0.2, 0) is 0 Å². The Balaban J connectivity index is 1.41. The molecule has 4 rings (SSSR count). The van der Waals surface area contributed by atoms with Crippen molar-refractivity contribution in [1.82, 2.24) is 15.0 Å². The number of nitrogens with zero attached hydrogens (tertiary/aromatic N) is 6. The van der Waals surface area contributed by atoms with E-state index in [4.69, 9.17) is 11.6 Å². The van der Waals surface area contributed by atoms with Crippen molar-refractivity contribution < 1.29 is 0 Å². The van der Waals surface area contributed by atoms with Crippen molar-refractivity contribution >= 4 is 29.1 Å². The summed E-state index contributed by atoms with van der Waals surface area (Å²) in [6, 6.07) is 6.03. The molecule has 0 spiro atoms. The Labute approximate surface area is 159 Å². The van der Waals surface area contributed by atoms with Crippen molar-refractivity contribution in [2.24, 2.45) is 5.92 Å². The van der Waals surface area contributed by atoms with Gasteiger partial charge in [0.25, 0.3) is 0 Å². The maximum absolute atomic E-state index is 5.93. The Bertz CT molecular complexity index is 729. The first-order valence-corrected chi connectivity index (χ1v) is 9.75. The molecule has 138 valence electrons. The topological polar surface area (TPSA) is 48.4 Å². The molecule has 0 aromatic carbocycles. The molecular weight excluding hydrogens is 348 g/mol. The SMILES string of the molecule is CC1CCCN(c2cc(N3CCN(c4ccc(Cl)cn4)CC3)ncn2)C1. The molecule has 0 aliphatic carbocycles. The summed E-state index contributed by atoms with van der Waals surface area (Å²) in [5, 5.41) is 0.674. The highest BCUT2D eigenvalue weighted by molar-refractivity contribution is 6.30. The van der Waals surface area contributed by atoms with Gasteiger partial charge in [-0.25, -0.2) is 15.0 Å². The number of anilines is 3. The molecule has 2 aromatic heterocycles. The third-order valence-electron chi connectivity index (χ3n) is 5.26. The molecular formula is C19H25ClN6. The van der Waals surface area contributed by atoms with E-state index in [-0.39, 0.29) is 0 Å². The molecule has 1 unspecified atom stereocenters. The Morgan fingerprint density at radius 1 is 0.885 bits per heavy atom. The van der Waals surface area contributed by atoms with Crippen LogP contribution < -0.4 is 14.7 Å². The number of hydrogen-bond donors (Lipinski definition) is 0. The van der Waals surface area contributed by atoms with Gasteiger partial charge < -0.3 is 14.7 Å². The molecule has 26 heavy (non-hydrogen) atoms. The van der Waals surface area contributed by atoms with Crippen LogP contribution in [0.3, 0.4) is 0 Å². The van der Waals surface area contributed by atoms with E-state index >= 15 is 0 Å². The zero-order valence-corrected chi connectivity index (χ0v) is 15.9. The van der Waals surface area contributed by atoms with Gasteiger partial charge in [0.1, 0.15) is 23.8 Å². The Morgan fingerprint density at radius 2 is 1.58 bits per heavy atom. The number of piperazine rings is 1. The van der Waals surface area contributed by atoms with Gasteiger partial charge in [0.05, 0.1) is 5.02 Å². The van der Waals surface area contributed by atoms with E-state index in [1.165, 1.54) is 12.8 Å². The minimum Gasteiger partial charge on any atom is -0.356 e. The third-order valence-corrected chi connectivity index (χ3v) is 5.48. The van der Waals surface area contributed by atoms with Crippen LogP contribution in [0.4, 0.5) is 17.5 Å². The first kappa shape index (κ1) is 17.3. The van der Waals surface area contributed by atoms with Gasteiger partial charge in [-0.3, -0.25) is 0 Å². The molecule has 0 bridgehead atoms. The monoisotopic (exact) mass is 372 g/mol. The lowest BCUT2D eigenvalue weighted by Crippen LogP contribution is -2.47. The van der Waals surface area contributed by atoms with Crippen molar-refractivity contribution in [1.29, 1.82) is 0 Å². The molecule has 0 amide bonds. The Hall–Kier alpha value is -2.08. The quantitative estimate of drug-likeness (QED) is 0.825. The zero-order chi connectivity index (χ0) is 17.9. The van der Waals surface area contributed by atoms with Gasteiger partial charge in [0.15, 0.2) is 0 Å². The highest BCUT2D eigenvalue weighted by Gasteiger charge is 2.22. The van der Waals surface area contributed by atoms with Crippen molar-refractivity contribution in [3.05, 3.63) is 35.7 Å². The van der Waals surface area contributed by atoms with Crippen molar-refractivity contribution in [2.75, 3.05) is 54.0 Å². The maximum Gasteiger partial charge on any atom is 0.134 e. The fourth-order valence-electron chi connectivity index (χ4n) is 3.80. The summed E-state index contributed by atoms with van der Waals surface area (Å²) < 4.78 is 0. The first-order valence-electron chi connectivity index (χ1n) is 9.37. The highest BCUT2D eigenvalue weighted by Crippen LogP contribution is 2.24. The van der Waals surface area contributed by atoms with E-state index < -0.39 is 0 Å². The van der Waals surface area contributed by atoms with E-state index in [0.717, 1.165) is 62.6 Å². The minimum absolute atomic E-state index is 0.674. The van der Waals surface area contributed by atoms with E-state index in [2.05, 4.69) is 42.6 Å². The number of rotatable bonds is 3. The van der Waals surface area contributed by atoms with Crippen molar-refractivity contribution in [3.63, 3.8) is 0 Å². The third kappa shape index (κ3) is 3.85. The molecule has 2 aliphatic rings. The maximum atomic E-state index is 5.93. The van der Waals surface area contributed by atoms with Crippen molar-refractivity contribution in [3.8, 4) is 0 Å². The predicted molar refractivity (Wildman–Crippen MR) is 106 cm³/mol.